The zero-order valence-electron chi connectivity index (χ0n) is 19.1. The van der Waals surface area contributed by atoms with Crippen molar-refractivity contribution in [3.8, 4) is 0 Å². The maximum Gasteiger partial charge on any atom is 0.250 e. The van der Waals surface area contributed by atoms with E-state index < -0.39 is 17.4 Å². The van der Waals surface area contributed by atoms with Crippen molar-refractivity contribution >= 4 is 34.3 Å². The largest absolute Gasteiger partial charge is 0.383 e. The Morgan fingerprint density at radius 1 is 1.06 bits per heavy atom. The second-order valence-electron chi connectivity index (χ2n) is 9.40. The minimum Gasteiger partial charge on any atom is -0.383 e. The molecule has 1 aromatic heterocycles. The lowest BCUT2D eigenvalue weighted by atomic mass is 9.76. The van der Waals surface area contributed by atoms with Crippen LogP contribution in [0.4, 0.5) is 5.69 Å². The predicted octanol–water partition coefficient (Wildman–Crippen LogP) is 2.09. The van der Waals surface area contributed by atoms with Gasteiger partial charge in [0, 0.05) is 41.5 Å². The number of hydrogen-bond donors (Lipinski definition) is 3. The van der Waals surface area contributed by atoms with Gasteiger partial charge >= 0.3 is 0 Å². The summed E-state index contributed by atoms with van der Waals surface area (Å²) in [5.41, 5.74) is 3.16. The van der Waals surface area contributed by atoms with Crippen LogP contribution in [0.3, 0.4) is 0 Å². The van der Waals surface area contributed by atoms with Gasteiger partial charge in [-0.25, -0.2) is 0 Å². The van der Waals surface area contributed by atoms with Gasteiger partial charge in [0.25, 0.3) is 0 Å². The van der Waals surface area contributed by atoms with E-state index in [1.54, 1.807) is 0 Å². The first-order chi connectivity index (χ1) is 16.5. The van der Waals surface area contributed by atoms with Crippen LogP contribution in [0, 0.1) is 18.8 Å². The molecule has 0 bridgehead atoms. The number of anilines is 1. The number of methoxy groups -OCH3 is 1. The van der Waals surface area contributed by atoms with Gasteiger partial charge in [-0.3, -0.25) is 24.6 Å². The van der Waals surface area contributed by atoms with Gasteiger partial charge in [0.05, 0.1) is 25.0 Å². The molecule has 3 aliphatic heterocycles. The number of aromatic nitrogens is 1. The van der Waals surface area contributed by atoms with Crippen LogP contribution in [0.2, 0.25) is 0 Å². The third kappa shape index (κ3) is 2.69. The van der Waals surface area contributed by atoms with Crippen molar-refractivity contribution in [1.29, 1.82) is 0 Å². The number of nitrogens with one attached hydrogen (secondary N) is 3. The Hall–Kier alpha value is -3.49. The molecule has 0 radical (unpaired) electrons. The molecule has 2 fully saturated rings. The summed E-state index contributed by atoms with van der Waals surface area (Å²) >= 11 is 0. The standard InChI is InChI=1S/C26H26N4O4/c1-14-6-5-8-17-22(14)28-25(33)26(17)21-20(23(31)30(24(21)32)10-11-34-2)19(29-26)12-15-13-27-18-9-4-3-7-16(15)18/h3-9,13,19-21,27,29H,10-12H2,1-2H3,(H,28,33). The van der Waals surface area contributed by atoms with Crippen molar-refractivity contribution in [2.45, 2.75) is 24.9 Å². The Morgan fingerprint density at radius 3 is 2.71 bits per heavy atom. The highest BCUT2D eigenvalue weighted by molar-refractivity contribution is 6.15. The Balaban J connectivity index is 1.47. The first kappa shape index (κ1) is 21.1. The van der Waals surface area contributed by atoms with Crippen LogP contribution in [-0.2, 0) is 31.1 Å². The molecule has 1 spiro atoms. The summed E-state index contributed by atoms with van der Waals surface area (Å²) in [7, 11) is 1.54. The van der Waals surface area contributed by atoms with E-state index in [1.807, 2.05) is 55.6 Å². The van der Waals surface area contributed by atoms with Gasteiger partial charge in [0.15, 0.2) is 0 Å². The van der Waals surface area contributed by atoms with E-state index in [9.17, 15) is 14.4 Å². The van der Waals surface area contributed by atoms with E-state index in [-0.39, 0.29) is 36.9 Å². The van der Waals surface area contributed by atoms with Crippen LogP contribution in [-0.4, -0.2) is 53.9 Å². The number of aryl methyl sites for hydroxylation is 1. The van der Waals surface area contributed by atoms with E-state index in [4.69, 9.17) is 4.74 Å². The molecule has 0 saturated carbocycles. The Bertz CT molecular complexity index is 1350. The maximum absolute atomic E-state index is 13.7. The molecule has 3 amide bonds. The maximum atomic E-state index is 13.7. The topological polar surface area (TPSA) is 104 Å². The van der Waals surface area contributed by atoms with Crippen LogP contribution in [0.1, 0.15) is 16.7 Å². The van der Waals surface area contributed by atoms with Crippen molar-refractivity contribution < 1.29 is 19.1 Å². The number of rotatable bonds is 5. The van der Waals surface area contributed by atoms with E-state index >= 15 is 0 Å². The number of aromatic amines is 1. The first-order valence-corrected chi connectivity index (χ1v) is 11.6. The summed E-state index contributed by atoms with van der Waals surface area (Å²) in [4.78, 5) is 45.5. The summed E-state index contributed by atoms with van der Waals surface area (Å²) in [5, 5.41) is 7.59. The summed E-state index contributed by atoms with van der Waals surface area (Å²) in [6, 6.07) is 13.3. The summed E-state index contributed by atoms with van der Waals surface area (Å²) < 4.78 is 5.15. The fourth-order valence-electron chi connectivity index (χ4n) is 6.15. The number of H-pyrrole nitrogens is 1. The van der Waals surface area contributed by atoms with Crippen molar-refractivity contribution in [2.24, 2.45) is 11.8 Å². The van der Waals surface area contributed by atoms with E-state index in [1.165, 1.54) is 12.0 Å². The van der Waals surface area contributed by atoms with Crippen LogP contribution in [0.5, 0.6) is 0 Å². The molecule has 0 aliphatic carbocycles. The van der Waals surface area contributed by atoms with Gasteiger partial charge in [-0.15, -0.1) is 0 Å². The molecule has 2 aromatic carbocycles. The highest BCUT2D eigenvalue weighted by atomic mass is 16.5. The molecule has 6 rings (SSSR count). The fourth-order valence-corrected chi connectivity index (χ4v) is 6.15. The monoisotopic (exact) mass is 458 g/mol. The van der Waals surface area contributed by atoms with E-state index in [2.05, 4.69) is 15.6 Å². The zero-order valence-corrected chi connectivity index (χ0v) is 19.1. The number of para-hydroxylation sites is 2. The lowest BCUT2D eigenvalue weighted by Gasteiger charge is -2.29. The molecule has 174 valence electrons. The zero-order chi connectivity index (χ0) is 23.6. The van der Waals surface area contributed by atoms with Crippen LogP contribution in [0.25, 0.3) is 10.9 Å². The van der Waals surface area contributed by atoms with Crippen LogP contribution < -0.4 is 10.6 Å². The highest BCUT2D eigenvalue weighted by Crippen LogP contribution is 2.53. The number of ether oxygens (including phenoxy) is 1. The van der Waals surface area contributed by atoms with E-state index in [0.717, 1.165) is 33.3 Å². The van der Waals surface area contributed by atoms with Crippen molar-refractivity contribution in [3.05, 3.63) is 65.4 Å². The number of fused-ring (bicyclic) bond motifs is 5. The van der Waals surface area contributed by atoms with Crippen molar-refractivity contribution in [3.63, 3.8) is 0 Å². The van der Waals surface area contributed by atoms with E-state index in [0.29, 0.717) is 6.42 Å². The molecule has 8 nitrogen and oxygen atoms in total. The number of amides is 3. The SMILES string of the molecule is COCCN1C(=O)C2C(Cc3c[nH]c4ccccc34)NC3(C(=O)Nc4c(C)cccc43)C2C1=O. The second kappa shape index (κ2) is 7.51. The second-order valence-corrected chi connectivity index (χ2v) is 9.40. The van der Waals surface area contributed by atoms with Crippen LogP contribution >= 0.6 is 0 Å². The third-order valence-corrected chi connectivity index (χ3v) is 7.68. The molecule has 4 heterocycles. The van der Waals surface area contributed by atoms with Gasteiger partial charge < -0.3 is 15.0 Å². The average molecular weight is 459 g/mol. The molecule has 3 aliphatic rings. The Kier molecular flexibility index (Phi) is 4.65. The van der Waals surface area contributed by atoms with Crippen LogP contribution in [0.15, 0.2) is 48.7 Å². The fraction of sp³-hybridized carbons (Fsp3) is 0.346. The number of imide groups is 1. The number of benzene rings is 2. The smallest absolute Gasteiger partial charge is 0.250 e. The van der Waals surface area contributed by atoms with Gasteiger partial charge in [0.2, 0.25) is 17.7 Å². The number of hydrogen-bond acceptors (Lipinski definition) is 5. The third-order valence-electron chi connectivity index (χ3n) is 7.68. The summed E-state index contributed by atoms with van der Waals surface area (Å²) in [5.74, 6) is -2.28. The molecule has 8 heteroatoms. The lowest BCUT2D eigenvalue weighted by molar-refractivity contribution is -0.143. The first-order valence-electron chi connectivity index (χ1n) is 11.6. The molecule has 2 saturated heterocycles. The predicted molar refractivity (Wildman–Crippen MR) is 126 cm³/mol. The highest BCUT2D eigenvalue weighted by Gasteiger charge is 2.70. The number of likely N-dealkylation sites (tertiary alicyclic amines) is 1. The summed E-state index contributed by atoms with van der Waals surface area (Å²) in [6.07, 6.45) is 2.46. The average Bonchev–Trinajstić information content (AvgIpc) is 3.54. The molecule has 34 heavy (non-hydrogen) atoms. The molecule has 3 N–H and O–H groups in total. The van der Waals surface area contributed by atoms with Gasteiger partial charge in [-0.1, -0.05) is 36.4 Å². The van der Waals surface area contributed by atoms with Crippen molar-refractivity contribution in [1.82, 2.24) is 15.2 Å². The number of carbonyl (C=O) groups is 3. The molecule has 4 unspecified atom stereocenters. The minimum absolute atomic E-state index is 0.180. The van der Waals surface area contributed by atoms with Gasteiger partial charge in [-0.05, 0) is 30.5 Å². The minimum atomic E-state index is -1.28. The quantitative estimate of drug-likeness (QED) is 0.508. The number of nitrogens with zero attached hydrogens (tertiary/aromatic N) is 1. The lowest BCUT2D eigenvalue weighted by Crippen LogP contribution is -2.53. The van der Waals surface area contributed by atoms with Gasteiger partial charge in [-0.2, -0.15) is 0 Å². The Labute approximate surface area is 196 Å². The molecule has 4 atom stereocenters. The number of carbonyl (C=O) groups excluding carboxylic acids is 3. The molecular weight excluding hydrogens is 432 g/mol. The molecule has 3 aromatic rings. The summed E-state index contributed by atoms with van der Waals surface area (Å²) in [6.45, 7) is 2.37. The molecular formula is C26H26N4O4. The Morgan fingerprint density at radius 2 is 1.88 bits per heavy atom. The normalized spacial score (nSPS) is 27.6. The van der Waals surface area contributed by atoms with Gasteiger partial charge in [0.1, 0.15) is 5.54 Å². The van der Waals surface area contributed by atoms with Crippen molar-refractivity contribution in [2.75, 3.05) is 25.6 Å².